The molecule has 0 unspecified atom stereocenters. The molecule has 0 radical (unpaired) electrons. The first-order chi connectivity index (χ1) is 14.1. The Morgan fingerprint density at radius 3 is 2.53 bits per heavy atom. The summed E-state index contributed by atoms with van der Waals surface area (Å²) < 4.78 is 37.7. The second-order valence-corrected chi connectivity index (χ2v) is 9.35. The number of amides is 1. The Bertz CT molecular complexity index is 993. The van der Waals surface area contributed by atoms with Crippen LogP contribution in [0.4, 0.5) is 5.69 Å². The van der Waals surface area contributed by atoms with Crippen LogP contribution in [-0.2, 0) is 14.8 Å². The van der Waals surface area contributed by atoms with E-state index in [4.69, 9.17) is 21.1 Å². The first kappa shape index (κ1) is 24.1. The highest BCUT2D eigenvalue weighted by Gasteiger charge is 2.18. The molecule has 0 saturated heterocycles. The molecule has 0 heterocycles. The lowest BCUT2D eigenvalue weighted by atomic mass is 10.1. The number of ether oxygens (including phenoxy) is 2. The number of methoxy groups -OCH3 is 1. The van der Waals surface area contributed by atoms with Crippen molar-refractivity contribution in [2.75, 3.05) is 32.2 Å². The molecule has 0 aliphatic carbocycles. The fraction of sp³-hybridized carbons (Fsp3) is 0.381. The molecular formula is C21H27ClN2O5S. The minimum Gasteiger partial charge on any atom is -0.492 e. The highest BCUT2D eigenvalue weighted by molar-refractivity contribution is 7.89. The molecule has 30 heavy (non-hydrogen) atoms. The minimum absolute atomic E-state index is 0.00446. The van der Waals surface area contributed by atoms with Crippen molar-refractivity contribution in [2.45, 2.75) is 25.7 Å². The van der Waals surface area contributed by atoms with Crippen LogP contribution in [0, 0.1) is 12.8 Å². The predicted octanol–water partition coefficient (Wildman–Crippen LogP) is 3.86. The summed E-state index contributed by atoms with van der Waals surface area (Å²) >= 11 is 6.24. The van der Waals surface area contributed by atoms with Crippen molar-refractivity contribution in [3.8, 4) is 5.75 Å². The summed E-state index contributed by atoms with van der Waals surface area (Å²) in [6.45, 7) is 6.72. The van der Waals surface area contributed by atoms with Crippen molar-refractivity contribution in [3.05, 3.63) is 52.5 Å². The minimum atomic E-state index is -3.75. The first-order valence-electron chi connectivity index (χ1n) is 9.47. The molecule has 9 heteroatoms. The highest BCUT2D eigenvalue weighted by atomic mass is 35.5. The quantitative estimate of drug-likeness (QED) is 0.531. The van der Waals surface area contributed by atoms with Gasteiger partial charge in [-0.3, -0.25) is 4.79 Å². The molecule has 2 N–H and O–H groups in total. The summed E-state index contributed by atoms with van der Waals surface area (Å²) in [6.07, 6.45) is 0. The van der Waals surface area contributed by atoms with Gasteiger partial charge in [0.1, 0.15) is 5.75 Å². The lowest BCUT2D eigenvalue weighted by Gasteiger charge is -2.13. The van der Waals surface area contributed by atoms with Crippen molar-refractivity contribution in [1.82, 2.24) is 4.72 Å². The number of benzene rings is 2. The fourth-order valence-electron chi connectivity index (χ4n) is 2.52. The number of hydrogen-bond acceptors (Lipinski definition) is 5. The molecule has 1 amide bonds. The van der Waals surface area contributed by atoms with Gasteiger partial charge in [0.15, 0.2) is 0 Å². The third-order valence-electron chi connectivity index (χ3n) is 4.12. The van der Waals surface area contributed by atoms with Gasteiger partial charge in [-0.2, -0.15) is 0 Å². The van der Waals surface area contributed by atoms with Gasteiger partial charge in [-0.25, -0.2) is 13.1 Å². The maximum atomic E-state index is 12.8. The zero-order chi connectivity index (χ0) is 22.3. The monoisotopic (exact) mass is 454 g/mol. The summed E-state index contributed by atoms with van der Waals surface area (Å²) in [5.74, 6) is 0.457. The highest BCUT2D eigenvalue weighted by Crippen LogP contribution is 2.28. The van der Waals surface area contributed by atoms with Gasteiger partial charge < -0.3 is 14.8 Å². The van der Waals surface area contributed by atoms with Gasteiger partial charge in [-0.05, 0) is 48.7 Å². The SMILES string of the molecule is COCCNS(=O)(=O)c1ccc(C)c(C(=O)Nc2ccc(OCC(C)C)c(Cl)c2)c1. The summed E-state index contributed by atoms with van der Waals surface area (Å²) in [4.78, 5) is 12.8. The topological polar surface area (TPSA) is 93.7 Å². The number of rotatable bonds is 10. The lowest BCUT2D eigenvalue weighted by Crippen LogP contribution is -2.27. The molecule has 2 rings (SSSR count). The Labute approximate surface area is 182 Å². The van der Waals surface area contributed by atoms with Crippen LogP contribution in [0.15, 0.2) is 41.3 Å². The zero-order valence-electron chi connectivity index (χ0n) is 17.5. The molecule has 0 aliphatic heterocycles. The molecule has 0 saturated carbocycles. The average Bonchev–Trinajstić information content (AvgIpc) is 2.67. The van der Waals surface area contributed by atoms with E-state index in [0.29, 0.717) is 34.5 Å². The van der Waals surface area contributed by atoms with Gasteiger partial charge in [0, 0.05) is 24.9 Å². The van der Waals surface area contributed by atoms with Gasteiger partial charge in [0.25, 0.3) is 5.91 Å². The second kappa shape index (κ2) is 10.8. The summed E-state index contributed by atoms with van der Waals surface area (Å²) in [5.41, 5.74) is 1.37. The van der Waals surface area contributed by atoms with Crippen LogP contribution < -0.4 is 14.8 Å². The molecule has 2 aromatic rings. The Kier molecular flexibility index (Phi) is 8.66. The van der Waals surface area contributed by atoms with Gasteiger partial charge in [0.05, 0.1) is 23.1 Å². The molecule has 0 atom stereocenters. The van der Waals surface area contributed by atoms with Crippen molar-refractivity contribution >= 4 is 33.2 Å². The lowest BCUT2D eigenvalue weighted by molar-refractivity contribution is 0.102. The van der Waals surface area contributed by atoms with E-state index in [1.807, 2.05) is 13.8 Å². The number of sulfonamides is 1. The summed E-state index contributed by atoms with van der Waals surface area (Å²) in [6, 6.07) is 9.36. The van der Waals surface area contributed by atoms with Crippen LogP contribution in [0.2, 0.25) is 5.02 Å². The van der Waals surface area contributed by atoms with Crippen LogP contribution in [-0.4, -0.2) is 41.2 Å². The summed E-state index contributed by atoms with van der Waals surface area (Å²) in [5, 5.41) is 3.13. The summed E-state index contributed by atoms with van der Waals surface area (Å²) in [7, 11) is -2.27. The van der Waals surface area contributed by atoms with Crippen molar-refractivity contribution in [3.63, 3.8) is 0 Å². The standard InChI is InChI=1S/C21H27ClN2O5S/c1-14(2)13-29-20-8-6-16(11-19(20)22)24-21(25)18-12-17(7-5-15(18)3)30(26,27)23-9-10-28-4/h5-8,11-12,14,23H,9-10,13H2,1-4H3,(H,24,25). The molecule has 0 fully saturated rings. The maximum absolute atomic E-state index is 12.8. The Morgan fingerprint density at radius 2 is 1.90 bits per heavy atom. The van der Waals surface area contributed by atoms with Crippen molar-refractivity contribution in [2.24, 2.45) is 5.92 Å². The van der Waals surface area contributed by atoms with E-state index in [-0.39, 0.29) is 23.6 Å². The number of anilines is 1. The van der Waals surface area contributed by atoms with Crippen LogP contribution in [0.5, 0.6) is 5.75 Å². The predicted molar refractivity (Wildman–Crippen MR) is 118 cm³/mol. The number of carbonyl (C=O) groups excluding carboxylic acids is 1. The largest absolute Gasteiger partial charge is 0.492 e. The van der Waals surface area contributed by atoms with Gasteiger partial charge in [-0.15, -0.1) is 0 Å². The smallest absolute Gasteiger partial charge is 0.255 e. The molecule has 0 aliphatic rings. The van der Waals surface area contributed by atoms with Crippen LogP contribution in [0.1, 0.15) is 29.8 Å². The fourth-order valence-corrected chi connectivity index (χ4v) is 3.80. The normalized spacial score (nSPS) is 11.5. The molecule has 0 bridgehead atoms. The molecule has 164 valence electrons. The molecule has 7 nitrogen and oxygen atoms in total. The zero-order valence-corrected chi connectivity index (χ0v) is 19.1. The molecular weight excluding hydrogens is 428 g/mol. The van der Waals surface area contributed by atoms with E-state index < -0.39 is 15.9 Å². The molecule has 0 aromatic heterocycles. The number of hydrogen-bond donors (Lipinski definition) is 2. The molecule has 0 spiro atoms. The third-order valence-corrected chi connectivity index (χ3v) is 5.88. The Hall–Kier alpha value is -2.13. The number of aryl methyl sites for hydroxylation is 1. The van der Waals surface area contributed by atoms with Gasteiger partial charge >= 0.3 is 0 Å². The van der Waals surface area contributed by atoms with Gasteiger partial charge in [0.2, 0.25) is 10.0 Å². The Balaban J connectivity index is 2.18. The first-order valence-corrected chi connectivity index (χ1v) is 11.3. The van der Waals surface area contributed by atoms with E-state index in [1.54, 1.807) is 31.2 Å². The average molecular weight is 455 g/mol. The second-order valence-electron chi connectivity index (χ2n) is 7.17. The molecule has 2 aromatic carbocycles. The van der Waals surface area contributed by atoms with Crippen LogP contribution in [0.3, 0.4) is 0 Å². The Morgan fingerprint density at radius 1 is 1.17 bits per heavy atom. The number of halogens is 1. The van der Waals surface area contributed by atoms with E-state index in [9.17, 15) is 13.2 Å². The van der Waals surface area contributed by atoms with Crippen LogP contribution >= 0.6 is 11.6 Å². The third kappa shape index (κ3) is 6.70. The van der Waals surface area contributed by atoms with E-state index in [0.717, 1.165) is 0 Å². The van der Waals surface area contributed by atoms with E-state index in [1.165, 1.54) is 19.2 Å². The van der Waals surface area contributed by atoms with Gasteiger partial charge in [-0.1, -0.05) is 31.5 Å². The van der Waals surface area contributed by atoms with Crippen molar-refractivity contribution in [1.29, 1.82) is 0 Å². The maximum Gasteiger partial charge on any atom is 0.255 e. The number of carbonyl (C=O) groups is 1. The van der Waals surface area contributed by atoms with E-state index in [2.05, 4.69) is 10.0 Å². The van der Waals surface area contributed by atoms with E-state index >= 15 is 0 Å². The number of nitrogens with one attached hydrogen (secondary N) is 2. The van der Waals surface area contributed by atoms with Crippen molar-refractivity contribution < 1.29 is 22.7 Å². The van der Waals surface area contributed by atoms with Crippen LogP contribution in [0.25, 0.3) is 0 Å².